The van der Waals surface area contributed by atoms with E-state index in [0.717, 1.165) is 10.2 Å². The van der Waals surface area contributed by atoms with E-state index >= 15 is 0 Å². The Morgan fingerprint density at radius 1 is 1.41 bits per heavy atom. The van der Waals surface area contributed by atoms with Crippen molar-refractivity contribution in [3.05, 3.63) is 28.7 Å². The fraction of sp³-hybridized carbons (Fsp3) is 0.273. The van der Waals surface area contributed by atoms with E-state index in [0.29, 0.717) is 5.17 Å². The number of hydroxylamine groups is 2. The zero-order chi connectivity index (χ0) is 12.4. The van der Waals surface area contributed by atoms with E-state index in [2.05, 4.69) is 20.9 Å². The largest absolute Gasteiger partial charge is 0.271 e. The number of amides is 1. The number of carbonyl (C=O) groups is 1. The summed E-state index contributed by atoms with van der Waals surface area (Å²) in [6, 6.07) is 7.56. The van der Waals surface area contributed by atoms with Gasteiger partial charge in [0.25, 0.3) is 5.91 Å². The van der Waals surface area contributed by atoms with Crippen molar-refractivity contribution in [1.82, 2.24) is 5.06 Å². The molecule has 1 aromatic carbocycles. The van der Waals surface area contributed by atoms with E-state index < -0.39 is 0 Å². The highest BCUT2D eigenvalue weighted by Crippen LogP contribution is 2.29. The molecule has 1 aromatic rings. The number of rotatable bonds is 2. The molecule has 0 radical (unpaired) electrons. The maximum Gasteiger partial charge on any atom is 0.266 e. The number of thioether (sulfide) groups is 1. The highest BCUT2D eigenvalue weighted by Gasteiger charge is 2.35. The van der Waals surface area contributed by atoms with Gasteiger partial charge in [0.15, 0.2) is 5.17 Å². The van der Waals surface area contributed by atoms with E-state index in [9.17, 15) is 4.79 Å². The summed E-state index contributed by atoms with van der Waals surface area (Å²) >= 11 is 4.75. The van der Waals surface area contributed by atoms with Crippen molar-refractivity contribution in [2.75, 3.05) is 7.11 Å². The first-order valence-electron chi connectivity index (χ1n) is 5.01. The Labute approximate surface area is 112 Å². The van der Waals surface area contributed by atoms with Gasteiger partial charge in [0.1, 0.15) is 0 Å². The van der Waals surface area contributed by atoms with Crippen LogP contribution in [-0.4, -0.2) is 28.5 Å². The number of hydrogen-bond acceptors (Lipinski definition) is 4. The van der Waals surface area contributed by atoms with Crippen LogP contribution in [0.1, 0.15) is 6.92 Å². The van der Waals surface area contributed by atoms with Gasteiger partial charge >= 0.3 is 0 Å². The molecule has 1 saturated heterocycles. The fourth-order valence-electron chi connectivity index (χ4n) is 1.38. The minimum atomic E-state index is -0.149. The van der Waals surface area contributed by atoms with Crippen LogP contribution in [0.2, 0.25) is 0 Å². The molecule has 0 spiro atoms. The van der Waals surface area contributed by atoms with Crippen molar-refractivity contribution in [3.63, 3.8) is 0 Å². The molecule has 90 valence electrons. The third kappa shape index (κ3) is 2.70. The quantitative estimate of drug-likeness (QED) is 0.842. The van der Waals surface area contributed by atoms with Crippen LogP contribution in [0.3, 0.4) is 0 Å². The third-order valence-electron chi connectivity index (χ3n) is 2.24. The van der Waals surface area contributed by atoms with Gasteiger partial charge in [-0.25, -0.2) is 4.99 Å². The van der Waals surface area contributed by atoms with E-state index in [1.165, 1.54) is 23.9 Å². The molecule has 1 fully saturated rings. The average Bonchev–Trinajstić information content (AvgIpc) is 2.58. The zero-order valence-electron chi connectivity index (χ0n) is 9.38. The van der Waals surface area contributed by atoms with Crippen LogP contribution >= 0.6 is 27.7 Å². The fourth-order valence-corrected chi connectivity index (χ4v) is 2.58. The van der Waals surface area contributed by atoms with Gasteiger partial charge in [-0.3, -0.25) is 9.63 Å². The van der Waals surface area contributed by atoms with Crippen molar-refractivity contribution < 1.29 is 9.63 Å². The smallest absolute Gasteiger partial charge is 0.266 e. The second kappa shape index (κ2) is 5.20. The third-order valence-corrected chi connectivity index (χ3v) is 3.79. The Balaban J connectivity index is 2.27. The van der Waals surface area contributed by atoms with E-state index in [4.69, 9.17) is 4.84 Å². The number of carbonyl (C=O) groups excluding carboxylic acids is 1. The molecule has 1 amide bonds. The Morgan fingerprint density at radius 3 is 2.65 bits per heavy atom. The van der Waals surface area contributed by atoms with Gasteiger partial charge in [-0.05, 0) is 31.2 Å². The minimum absolute atomic E-state index is 0.0756. The highest BCUT2D eigenvalue weighted by molar-refractivity contribution is 9.10. The Kier molecular flexibility index (Phi) is 3.86. The molecule has 0 N–H and O–H groups in total. The van der Waals surface area contributed by atoms with Crippen molar-refractivity contribution in [2.45, 2.75) is 12.2 Å². The molecular weight excluding hydrogens is 304 g/mol. The number of amidine groups is 1. The highest BCUT2D eigenvalue weighted by atomic mass is 79.9. The van der Waals surface area contributed by atoms with Gasteiger partial charge in [-0.15, -0.1) is 0 Å². The van der Waals surface area contributed by atoms with Crippen LogP contribution in [0.25, 0.3) is 0 Å². The lowest BCUT2D eigenvalue weighted by Crippen LogP contribution is -2.30. The predicted octanol–water partition coefficient (Wildman–Crippen LogP) is 2.96. The van der Waals surface area contributed by atoms with Gasteiger partial charge in [0.2, 0.25) is 0 Å². The number of nitrogens with zero attached hydrogens (tertiary/aromatic N) is 2. The summed E-state index contributed by atoms with van der Waals surface area (Å²) in [4.78, 5) is 21.1. The molecule has 1 unspecified atom stereocenters. The lowest BCUT2D eigenvalue weighted by Gasteiger charge is -2.11. The van der Waals surface area contributed by atoms with Gasteiger partial charge in [-0.1, -0.05) is 27.7 Å². The summed E-state index contributed by atoms with van der Waals surface area (Å²) in [5.41, 5.74) is 0.791. The molecule has 0 saturated carbocycles. The lowest BCUT2D eigenvalue weighted by molar-refractivity contribution is -0.153. The maximum atomic E-state index is 11.7. The summed E-state index contributed by atoms with van der Waals surface area (Å²) in [5.74, 6) is -0.0756. The minimum Gasteiger partial charge on any atom is -0.271 e. The Hall–Kier alpha value is -0.850. The summed E-state index contributed by atoms with van der Waals surface area (Å²) in [6.07, 6.45) is 0. The average molecular weight is 315 g/mol. The zero-order valence-corrected chi connectivity index (χ0v) is 11.8. The molecular formula is C11H11BrN2O2S. The summed E-state index contributed by atoms with van der Waals surface area (Å²) in [6.45, 7) is 1.84. The molecule has 2 rings (SSSR count). The predicted molar refractivity (Wildman–Crippen MR) is 72.1 cm³/mol. The number of benzene rings is 1. The first kappa shape index (κ1) is 12.6. The van der Waals surface area contributed by atoms with E-state index in [1.807, 2.05) is 31.2 Å². The van der Waals surface area contributed by atoms with Crippen molar-refractivity contribution in [3.8, 4) is 0 Å². The summed E-state index contributed by atoms with van der Waals surface area (Å²) in [5, 5.41) is 1.66. The SMILES string of the molecule is CON1C(=O)C(C)SC1=Nc1ccc(Br)cc1. The molecule has 6 heteroatoms. The standard InChI is InChI=1S/C11H11BrN2O2S/c1-7-10(15)14(16-2)11(17-7)13-9-5-3-8(12)4-6-9/h3-7H,1-2H3. The van der Waals surface area contributed by atoms with Gasteiger partial charge in [0, 0.05) is 4.47 Å². The first-order chi connectivity index (χ1) is 8.11. The molecule has 1 aliphatic rings. The van der Waals surface area contributed by atoms with Crippen LogP contribution < -0.4 is 0 Å². The summed E-state index contributed by atoms with van der Waals surface area (Å²) in [7, 11) is 1.47. The molecule has 1 aliphatic heterocycles. The number of halogens is 1. The van der Waals surface area contributed by atoms with Gasteiger partial charge in [0.05, 0.1) is 18.0 Å². The van der Waals surface area contributed by atoms with Crippen LogP contribution in [-0.2, 0) is 9.63 Å². The number of aliphatic imine (C=N–C) groups is 1. The first-order valence-corrected chi connectivity index (χ1v) is 6.68. The molecule has 17 heavy (non-hydrogen) atoms. The van der Waals surface area contributed by atoms with E-state index in [-0.39, 0.29) is 11.2 Å². The van der Waals surface area contributed by atoms with Crippen LogP contribution in [0.5, 0.6) is 0 Å². The molecule has 1 atom stereocenters. The Morgan fingerprint density at radius 2 is 2.06 bits per heavy atom. The normalized spacial score (nSPS) is 22.5. The van der Waals surface area contributed by atoms with Gasteiger partial charge < -0.3 is 0 Å². The van der Waals surface area contributed by atoms with Crippen LogP contribution in [0, 0.1) is 0 Å². The van der Waals surface area contributed by atoms with Gasteiger partial charge in [-0.2, -0.15) is 5.06 Å². The maximum absolute atomic E-state index is 11.7. The second-order valence-corrected chi connectivity index (χ2v) is 5.67. The van der Waals surface area contributed by atoms with E-state index in [1.54, 1.807) is 0 Å². The molecule has 0 aliphatic carbocycles. The molecule has 0 bridgehead atoms. The second-order valence-electron chi connectivity index (χ2n) is 3.45. The lowest BCUT2D eigenvalue weighted by atomic mass is 10.3. The monoisotopic (exact) mass is 314 g/mol. The number of hydrogen-bond donors (Lipinski definition) is 0. The Bertz CT molecular complexity index is 461. The molecule has 1 heterocycles. The van der Waals surface area contributed by atoms with Crippen molar-refractivity contribution in [2.24, 2.45) is 4.99 Å². The molecule has 0 aromatic heterocycles. The van der Waals surface area contributed by atoms with Crippen molar-refractivity contribution in [1.29, 1.82) is 0 Å². The van der Waals surface area contributed by atoms with Crippen molar-refractivity contribution >= 4 is 44.5 Å². The van der Waals surface area contributed by atoms with Crippen LogP contribution in [0.4, 0.5) is 5.69 Å². The van der Waals surface area contributed by atoms with Crippen LogP contribution in [0.15, 0.2) is 33.7 Å². The molecule has 4 nitrogen and oxygen atoms in total. The topological polar surface area (TPSA) is 41.9 Å². The summed E-state index contributed by atoms with van der Waals surface area (Å²) < 4.78 is 0.994.